The number of nitrogens with two attached hydrogens (primary N) is 1. The Morgan fingerprint density at radius 2 is 2.28 bits per heavy atom. The molecule has 0 spiro atoms. The lowest BCUT2D eigenvalue weighted by molar-refractivity contribution is 0.289. The van der Waals surface area contributed by atoms with E-state index in [4.69, 9.17) is 22.1 Å². The molecule has 0 saturated heterocycles. The Balaban J connectivity index is 1.86. The molecule has 0 aliphatic heterocycles. The van der Waals surface area contributed by atoms with Gasteiger partial charge in [-0.2, -0.15) is 0 Å². The first-order valence-electron chi connectivity index (χ1n) is 5.67. The van der Waals surface area contributed by atoms with Gasteiger partial charge in [0.05, 0.1) is 12.2 Å². The van der Waals surface area contributed by atoms with Crippen molar-refractivity contribution >= 4 is 11.6 Å². The fourth-order valence-corrected chi connectivity index (χ4v) is 1.62. The number of hydrogen-bond acceptors (Lipinski definition) is 4. The summed E-state index contributed by atoms with van der Waals surface area (Å²) in [5.41, 5.74) is 7.23. The van der Waals surface area contributed by atoms with Crippen molar-refractivity contribution in [2.24, 2.45) is 5.73 Å². The summed E-state index contributed by atoms with van der Waals surface area (Å²) in [5.74, 6) is 0.802. The number of aryl methyl sites for hydroxylation is 1. The minimum Gasteiger partial charge on any atom is -0.492 e. The van der Waals surface area contributed by atoms with Crippen LogP contribution < -0.4 is 10.5 Å². The largest absolute Gasteiger partial charge is 0.492 e. The summed E-state index contributed by atoms with van der Waals surface area (Å²) in [5, 5.41) is 8.58. The topological polar surface area (TPSA) is 66.0 Å². The summed E-state index contributed by atoms with van der Waals surface area (Å²) < 4.78 is 7.32. The lowest BCUT2D eigenvalue weighted by atomic mass is 10.2. The Kier molecular flexibility index (Phi) is 4.17. The second kappa shape index (κ2) is 5.84. The van der Waals surface area contributed by atoms with Gasteiger partial charge < -0.3 is 10.5 Å². The average Bonchev–Trinajstić information content (AvgIpc) is 2.82. The molecule has 0 radical (unpaired) electrons. The van der Waals surface area contributed by atoms with E-state index in [1.54, 1.807) is 4.68 Å². The fourth-order valence-electron chi connectivity index (χ4n) is 1.51. The quantitative estimate of drug-likeness (QED) is 0.896. The summed E-state index contributed by atoms with van der Waals surface area (Å²) in [4.78, 5) is 0. The molecule has 6 heteroatoms. The molecule has 1 heterocycles. The maximum Gasteiger partial charge on any atom is 0.119 e. The average molecular weight is 267 g/mol. The standard InChI is InChI=1S/C12H15ClN4O/c1-9-6-11(2-3-12(9)13)18-5-4-17-8-10(7-14)15-16-17/h2-3,6,8H,4-5,7,14H2,1H3. The third-order valence-electron chi connectivity index (χ3n) is 2.51. The van der Waals surface area contributed by atoms with Crippen molar-refractivity contribution in [3.63, 3.8) is 0 Å². The van der Waals surface area contributed by atoms with Gasteiger partial charge in [0.2, 0.25) is 0 Å². The summed E-state index contributed by atoms with van der Waals surface area (Å²) in [6, 6.07) is 5.59. The summed E-state index contributed by atoms with van der Waals surface area (Å²) in [6.07, 6.45) is 1.82. The van der Waals surface area contributed by atoms with Crippen LogP contribution in [0.1, 0.15) is 11.3 Å². The highest BCUT2D eigenvalue weighted by molar-refractivity contribution is 6.31. The van der Waals surface area contributed by atoms with Gasteiger partial charge in [0.1, 0.15) is 12.4 Å². The molecule has 0 amide bonds. The molecule has 0 aliphatic rings. The number of nitrogens with zero attached hydrogens (tertiary/aromatic N) is 3. The van der Waals surface area contributed by atoms with Crippen molar-refractivity contribution < 1.29 is 4.74 Å². The maximum atomic E-state index is 5.94. The van der Waals surface area contributed by atoms with Crippen molar-refractivity contribution in [3.05, 3.63) is 40.7 Å². The van der Waals surface area contributed by atoms with E-state index >= 15 is 0 Å². The van der Waals surface area contributed by atoms with E-state index in [0.717, 1.165) is 22.0 Å². The molecule has 2 N–H and O–H groups in total. The van der Waals surface area contributed by atoms with Gasteiger partial charge in [-0.1, -0.05) is 16.8 Å². The van der Waals surface area contributed by atoms with E-state index in [2.05, 4.69) is 10.3 Å². The normalized spacial score (nSPS) is 10.6. The summed E-state index contributed by atoms with van der Waals surface area (Å²) in [7, 11) is 0. The lowest BCUT2D eigenvalue weighted by Crippen LogP contribution is -2.08. The van der Waals surface area contributed by atoms with Crippen LogP contribution in [0.3, 0.4) is 0 Å². The molecule has 1 aromatic carbocycles. The third kappa shape index (κ3) is 3.21. The summed E-state index contributed by atoms with van der Waals surface area (Å²) in [6.45, 7) is 3.50. The summed E-state index contributed by atoms with van der Waals surface area (Å²) >= 11 is 5.94. The monoisotopic (exact) mass is 266 g/mol. The number of benzene rings is 1. The van der Waals surface area contributed by atoms with E-state index in [-0.39, 0.29) is 0 Å². The van der Waals surface area contributed by atoms with Crippen LogP contribution in [-0.4, -0.2) is 21.6 Å². The number of ether oxygens (including phenoxy) is 1. The number of aromatic nitrogens is 3. The molecule has 0 saturated carbocycles. The van der Waals surface area contributed by atoms with Crippen molar-refractivity contribution in [2.45, 2.75) is 20.0 Å². The lowest BCUT2D eigenvalue weighted by Gasteiger charge is -2.07. The molecule has 0 aliphatic carbocycles. The van der Waals surface area contributed by atoms with Crippen LogP contribution in [0.4, 0.5) is 0 Å². The molecule has 18 heavy (non-hydrogen) atoms. The van der Waals surface area contributed by atoms with Crippen LogP contribution in [0.5, 0.6) is 5.75 Å². The molecule has 96 valence electrons. The van der Waals surface area contributed by atoms with E-state index in [1.165, 1.54) is 0 Å². The van der Waals surface area contributed by atoms with E-state index in [1.807, 2.05) is 31.3 Å². The van der Waals surface area contributed by atoms with Crippen LogP contribution >= 0.6 is 11.6 Å². The zero-order valence-electron chi connectivity index (χ0n) is 10.1. The molecule has 2 rings (SSSR count). The molecule has 0 atom stereocenters. The minimum absolute atomic E-state index is 0.400. The Morgan fingerprint density at radius 3 is 2.94 bits per heavy atom. The van der Waals surface area contributed by atoms with Crippen LogP contribution in [0.2, 0.25) is 5.02 Å². The van der Waals surface area contributed by atoms with Crippen molar-refractivity contribution in [2.75, 3.05) is 6.61 Å². The SMILES string of the molecule is Cc1cc(OCCn2cc(CN)nn2)ccc1Cl. The number of rotatable bonds is 5. The molecular formula is C12H15ClN4O. The van der Waals surface area contributed by atoms with E-state index in [0.29, 0.717) is 19.7 Å². The Labute approximate surface area is 111 Å². The maximum absolute atomic E-state index is 5.94. The highest BCUT2D eigenvalue weighted by Gasteiger charge is 2.00. The van der Waals surface area contributed by atoms with Gasteiger partial charge in [-0.15, -0.1) is 5.10 Å². The van der Waals surface area contributed by atoms with Gasteiger partial charge in [-0.05, 0) is 30.7 Å². The molecular weight excluding hydrogens is 252 g/mol. The van der Waals surface area contributed by atoms with E-state index < -0.39 is 0 Å². The first-order chi connectivity index (χ1) is 8.69. The van der Waals surface area contributed by atoms with Gasteiger partial charge in [-0.25, -0.2) is 4.68 Å². The number of halogens is 1. The molecule has 0 fully saturated rings. The molecule has 1 aromatic heterocycles. The van der Waals surface area contributed by atoms with Gasteiger partial charge >= 0.3 is 0 Å². The van der Waals surface area contributed by atoms with Crippen LogP contribution in [0, 0.1) is 6.92 Å². The third-order valence-corrected chi connectivity index (χ3v) is 2.94. The second-order valence-electron chi connectivity index (χ2n) is 3.94. The Hall–Kier alpha value is -1.59. The van der Waals surface area contributed by atoms with E-state index in [9.17, 15) is 0 Å². The first kappa shape index (κ1) is 12.9. The molecule has 2 aromatic rings. The highest BCUT2D eigenvalue weighted by Crippen LogP contribution is 2.20. The predicted octanol–water partition coefficient (Wildman–Crippen LogP) is 1.78. The second-order valence-corrected chi connectivity index (χ2v) is 4.34. The highest BCUT2D eigenvalue weighted by atomic mass is 35.5. The van der Waals surface area contributed by atoms with Gasteiger partial charge in [0, 0.05) is 17.8 Å². The van der Waals surface area contributed by atoms with Crippen LogP contribution in [0.15, 0.2) is 24.4 Å². The van der Waals surface area contributed by atoms with Crippen molar-refractivity contribution in [3.8, 4) is 5.75 Å². The predicted molar refractivity (Wildman–Crippen MR) is 69.6 cm³/mol. The zero-order chi connectivity index (χ0) is 13.0. The van der Waals surface area contributed by atoms with Crippen molar-refractivity contribution in [1.29, 1.82) is 0 Å². The molecule has 0 unspecified atom stereocenters. The van der Waals surface area contributed by atoms with Crippen LogP contribution in [0.25, 0.3) is 0 Å². The van der Waals surface area contributed by atoms with Gasteiger partial charge in [0.15, 0.2) is 0 Å². The van der Waals surface area contributed by atoms with Crippen LogP contribution in [-0.2, 0) is 13.1 Å². The molecule has 5 nitrogen and oxygen atoms in total. The van der Waals surface area contributed by atoms with Crippen molar-refractivity contribution in [1.82, 2.24) is 15.0 Å². The Morgan fingerprint density at radius 1 is 1.44 bits per heavy atom. The number of hydrogen-bond donors (Lipinski definition) is 1. The minimum atomic E-state index is 0.400. The van der Waals surface area contributed by atoms with Gasteiger partial charge in [0.25, 0.3) is 0 Å². The first-order valence-corrected chi connectivity index (χ1v) is 6.05. The van der Waals surface area contributed by atoms with Gasteiger partial charge in [-0.3, -0.25) is 0 Å². The smallest absolute Gasteiger partial charge is 0.119 e. The zero-order valence-corrected chi connectivity index (χ0v) is 10.9. The fraction of sp³-hybridized carbons (Fsp3) is 0.333. The Bertz CT molecular complexity index is 527. The molecule has 0 bridgehead atoms.